The van der Waals surface area contributed by atoms with Crippen molar-refractivity contribution in [3.05, 3.63) is 34.9 Å². The van der Waals surface area contributed by atoms with Crippen LogP contribution in [0.1, 0.15) is 16.7 Å². The van der Waals surface area contributed by atoms with Gasteiger partial charge in [-0.3, -0.25) is 0 Å². The highest BCUT2D eigenvalue weighted by Crippen LogP contribution is 2.09. The summed E-state index contributed by atoms with van der Waals surface area (Å²) in [4.78, 5) is 0. The lowest BCUT2D eigenvalue weighted by Crippen LogP contribution is -2.07. The van der Waals surface area contributed by atoms with Gasteiger partial charge in [-0.15, -0.1) is 0 Å². The fourth-order valence-electron chi connectivity index (χ4n) is 0.898. The molecule has 0 saturated heterocycles. The molecule has 0 aliphatic rings. The van der Waals surface area contributed by atoms with Crippen LogP contribution in [0.25, 0.3) is 0 Å². The van der Waals surface area contributed by atoms with Gasteiger partial charge >= 0.3 is 7.32 Å². The van der Waals surface area contributed by atoms with Crippen molar-refractivity contribution >= 4 is 7.32 Å². The molecule has 0 unspecified atom stereocenters. The molecule has 0 aromatic heterocycles. The molecule has 0 aliphatic heterocycles. The van der Waals surface area contributed by atoms with Crippen LogP contribution < -0.4 is 0 Å². The molecule has 0 aliphatic carbocycles. The molecule has 0 atom stereocenters. The van der Waals surface area contributed by atoms with E-state index in [1.807, 2.05) is 0 Å². The number of rotatable bonds is 0. The zero-order valence-electron chi connectivity index (χ0n) is 8.15. The van der Waals surface area contributed by atoms with E-state index in [2.05, 4.69) is 39.0 Å². The summed E-state index contributed by atoms with van der Waals surface area (Å²) in [5, 5.41) is 21.5. The van der Waals surface area contributed by atoms with Crippen LogP contribution in [0, 0.1) is 20.8 Å². The average molecular weight is 182 g/mol. The van der Waals surface area contributed by atoms with Crippen LogP contribution in [0.15, 0.2) is 18.2 Å². The van der Waals surface area contributed by atoms with Gasteiger partial charge in [-0.2, -0.15) is 0 Å². The Morgan fingerprint density at radius 1 is 0.923 bits per heavy atom. The minimum Gasteiger partial charge on any atom is -0.402 e. The molecule has 1 rings (SSSR count). The highest BCUT2D eigenvalue weighted by atomic mass is 16.5. The van der Waals surface area contributed by atoms with Crippen LogP contribution in [0.4, 0.5) is 0 Å². The van der Waals surface area contributed by atoms with Gasteiger partial charge in [0.15, 0.2) is 0 Å². The molecule has 0 fully saturated rings. The Hall–Kier alpha value is -0.835. The van der Waals surface area contributed by atoms with Crippen molar-refractivity contribution in [3.8, 4) is 0 Å². The summed E-state index contributed by atoms with van der Waals surface area (Å²) in [5.41, 5.74) is 4.18. The van der Waals surface area contributed by atoms with Crippen LogP contribution in [0.2, 0.25) is 0 Å². The number of benzene rings is 1. The predicted octanol–water partition coefficient (Wildman–Crippen LogP) is 0.560. The molecule has 0 heterocycles. The maximum Gasteiger partial charge on any atom is 0.631 e. The van der Waals surface area contributed by atoms with Crippen molar-refractivity contribution in [2.24, 2.45) is 0 Å². The van der Waals surface area contributed by atoms with E-state index in [9.17, 15) is 0 Å². The second kappa shape index (κ2) is 5.75. The van der Waals surface area contributed by atoms with Crippen LogP contribution in [0.5, 0.6) is 0 Å². The molecular formula is C9H15BO3. The van der Waals surface area contributed by atoms with Crippen LogP contribution >= 0.6 is 0 Å². The van der Waals surface area contributed by atoms with Gasteiger partial charge in [0.1, 0.15) is 0 Å². The highest BCUT2D eigenvalue weighted by Gasteiger charge is 1.92. The summed E-state index contributed by atoms with van der Waals surface area (Å²) in [6.07, 6.45) is 0. The number of hydrogen-bond acceptors (Lipinski definition) is 3. The predicted molar refractivity (Wildman–Crippen MR) is 53.1 cm³/mol. The molecular weight excluding hydrogens is 167 g/mol. The first-order valence-corrected chi connectivity index (χ1v) is 4.02. The summed E-state index contributed by atoms with van der Waals surface area (Å²) >= 11 is 0. The van der Waals surface area contributed by atoms with E-state index in [1.54, 1.807) is 0 Å². The second-order valence-electron chi connectivity index (χ2n) is 2.86. The molecule has 0 bridgehead atoms. The largest absolute Gasteiger partial charge is 0.631 e. The van der Waals surface area contributed by atoms with Gasteiger partial charge in [-0.25, -0.2) is 0 Å². The first-order valence-electron chi connectivity index (χ1n) is 4.02. The number of aryl methyl sites for hydroxylation is 2. The topological polar surface area (TPSA) is 60.7 Å². The molecule has 0 saturated carbocycles. The zero-order chi connectivity index (χ0) is 10.4. The van der Waals surface area contributed by atoms with Gasteiger partial charge in [0, 0.05) is 0 Å². The summed E-state index contributed by atoms with van der Waals surface area (Å²) < 4.78 is 0. The third-order valence-corrected chi connectivity index (χ3v) is 1.88. The Morgan fingerprint density at radius 2 is 1.23 bits per heavy atom. The van der Waals surface area contributed by atoms with Crippen LogP contribution in [-0.4, -0.2) is 22.4 Å². The summed E-state index contributed by atoms with van der Waals surface area (Å²) in [6, 6.07) is 6.38. The Labute approximate surface area is 78.8 Å². The standard InChI is InChI=1S/C9H12.BH3O3/c1-7-5-4-6-8(2)9(7)3;2-1(3)4/h4-6H,1-3H3;2-4H. The zero-order valence-corrected chi connectivity index (χ0v) is 8.15. The van der Waals surface area contributed by atoms with E-state index >= 15 is 0 Å². The van der Waals surface area contributed by atoms with Gasteiger partial charge < -0.3 is 15.1 Å². The highest BCUT2D eigenvalue weighted by molar-refractivity contribution is 6.30. The Balaban J connectivity index is 0.000000310. The van der Waals surface area contributed by atoms with Gasteiger partial charge in [-0.05, 0) is 37.5 Å². The third kappa shape index (κ3) is 5.41. The molecule has 0 spiro atoms. The monoisotopic (exact) mass is 182 g/mol. The lowest BCUT2D eigenvalue weighted by molar-refractivity contribution is 0.278. The summed E-state index contributed by atoms with van der Waals surface area (Å²) in [7, 11) is -2.17. The molecule has 1 aromatic carbocycles. The van der Waals surface area contributed by atoms with E-state index in [4.69, 9.17) is 15.1 Å². The quantitative estimate of drug-likeness (QED) is 0.513. The number of hydrogen-bond donors (Lipinski definition) is 3. The van der Waals surface area contributed by atoms with Crippen molar-refractivity contribution in [1.29, 1.82) is 0 Å². The van der Waals surface area contributed by atoms with Crippen molar-refractivity contribution in [2.45, 2.75) is 20.8 Å². The lowest BCUT2D eigenvalue weighted by Gasteiger charge is -2.00. The fourth-order valence-corrected chi connectivity index (χ4v) is 0.898. The van der Waals surface area contributed by atoms with E-state index in [0.717, 1.165) is 0 Å². The van der Waals surface area contributed by atoms with Gasteiger partial charge in [0.25, 0.3) is 0 Å². The van der Waals surface area contributed by atoms with E-state index in [-0.39, 0.29) is 0 Å². The molecule has 72 valence electrons. The van der Waals surface area contributed by atoms with Crippen LogP contribution in [-0.2, 0) is 0 Å². The van der Waals surface area contributed by atoms with E-state index in [1.165, 1.54) is 16.7 Å². The Bertz CT molecular complexity index is 238. The maximum atomic E-state index is 7.17. The smallest absolute Gasteiger partial charge is 0.402 e. The van der Waals surface area contributed by atoms with E-state index < -0.39 is 7.32 Å². The SMILES string of the molecule is Cc1cccc(C)c1C.OB(O)O. The molecule has 13 heavy (non-hydrogen) atoms. The molecule has 3 nitrogen and oxygen atoms in total. The normalized spacial score (nSPS) is 8.77. The Morgan fingerprint density at radius 3 is 1.46 bits per heavy atom. The summed E-state index contributed by atoms with van der Waals surface area (Å²) in [6.45, 7) is 6.44. The van der Waals surface area contributed by atoms with Crippen molar-refractivity contribution < 1.29 is 15.1 Å². The van der Waals surface area contributed by atoms with Crippen molar-refractivity contribution in [2.75, 3.05) is 0 Å². The molecule has 1 aromatic rings. The maximum absolute atomic E-state index is 7.17. The first kappa shape index (κ1) is 12.2. The second-order valence-corrected chi connectivity index (χ2v) is 2.86. The fraction of sp³-hybridized carbons (Fsp3) is 0.333. The summed E-state index contributed by atoms with van der Waals surface area (Å²) in [5.74, 6) is 0. The Kier molecular flexibility index (Phi) is 5.38. The van der Waals surface area contributed by atoms with Gasteiger partial charge in [0.05, 0.1) is 0 Å². The van der Waals surface area contributed by atoms with E-state index in [0.29, 0.717) is 0 Å². The average Bonchev–Trinajstić information content (AvgIpc) is 1.99. The molecule has 3 N–H and O–H groups in total. The van der Waals surface area contributed by atoms with Crippen molar-refractivity contribution in [3.63, 3.8) is 0 Å². The van der Waals surface area contributed by atoms with Crippen LogP contribution in [0.3, 0.4) is 0 Å². The minimum atomic E-state index is -2.17. The third-order valence-electron chi connectivity index (χ3n) is 1.88. The molecule has 0 amide bonds. The van der Waals surface area contributed by atoms with Gasteiger partial charge in [-0.1, -0.05) is 18.2 Å². The van der Waals surface area contributed by atoms with Gasteiger partial charge in [0.2, 0.25) is 0 Å². The first-order chi connectivity index (χ1) is 5.95. The minimum absolute atomic E-state index is 1.38. The lowest BCUT2D eigenvalue weighted by atomic mass is 10.1. The van der Waals surface area contributed by atoms with Crippen molar-refractivity contribution in [1.82, 2.24) is 0 Å². The molecule has 4 heteroatoms. The molecule has 0 radical (unpaired) electrons.